The van der Waals surface area contributed by atoms with Gasteiger partial charge in [-0.25, -0.2) is 0 Å². The molecule has 1 heterocycles. The number of hydrogen-bond donors (Lipinski definition) is 1. The highest BCUT2D eigenvalue weighted by Gasteiger charge is 2.35. The predicted octanol–water partition coefficient (Wildman–Crippen LogP) is 3.19. The Balaban J connectivity index is 1.54. The van der Waals surface area contributed by atoms with Crippen molar-refractivity contribution < 1.29 is 9.59 Å². The number of nitrogens with zero attached hydrogens (tertiary/aromatic N) is 1. The van der Waals surface area contributed by atoms with Crippen molar-refractivity contribution >= 4 is 23.4 Å². The van der Waals surface area contributed by atoms with E-state index in [0.29, 0.717) is 31.0 Å². The highest BCUT2D eigenvalue weighted by atomic mass is 35.5. The molecule has 1 saturated heterocycles. The van der Waals surface area contributed by atoms with Gasteiger partial charge < -0.3 is 10.2 Å². The third-order valence-corrected chi connectivity index (χ3v) is 4.70. The monoisotopic (exact) mass is 356 g/mol. The standard InChI is InChI=1S/C20H21ClN2O2/c21-17-8-6-15(7-9-17)12-13-22-20(25)18-10-11-19(24)23(18)14-16-4-2-1-3-5-16/h1-9,18H,10-14H2,(H,22,25). The lowest BCUT2D eigenvalue weighted by Crippen LogP contribution is -2.44. The van der Waals surface area contributed by atoms with Crippen LogP contribution in [0.25, 0.3) is 0 Å². The lowest BCUT2D eigenvalue weighted by molar-refractivity contribution is -0.135. The Morgan fingerprint density at radius 3 is 2.52 bits per heavy atom. The molecule has 0 bridgehead atoms. The van der Waals surface area contributed by atoms with Crippen LogP contribution >= 0.6 is 11.6 Å². The second kappa shape index (κ2) is 8.17. The van der Waals surface area contributed by atoms with Gasteiger partial charge in [-0.15, -0.1) is 0 Å². The Hall–Kier alpha value is -2.33. The molecule has 5 heteroatoms. The van der Waals surface area contributed by atoms with E-state index in [1.54, 1.807) is 4.90 Å². The van der Waals surface area contributed by atoms with Gasteiger partial charge in [0.05, 0.1) is 0 Å². The molecule has 1 aliphatic rings. The Morgan fingerprint density at radius 2 is 1.80 bits per heavy atom. The third-order valence-electron chi connectivity index (χ3n) is 4.45. The largest absolute Gasteiger partial charge is 0.354 e. The molecular formula is C20H21ClN2O2. The van der Waals surface area contributed by atoms with Crippen molar-refractivity contribution in [1.82, 2.24) is 10.2 Å². The Morgan fingerprint density at radius 1 is 1.08 bits per heavy atom. The summed E-state index contributed by atoms with van der Waals surface area (Å²) in [5.41, 5.74) is 2.16. The van der Waals surface area contributed by atoms with E-state index in [-0.39, 0.29) is 17.9 Å². The van der Waals surface area contributed by atoms with Crippen molar-refractivity contribution in [3.63, 3.8) is 0 Å². The van der Waals surface area contributed by atoms with Gasteiger partial charge in [0.25, 0.3) is 0 Å². The highest BCUT2D eigenvalue weighted by Crippen LogP contribution is 2.21. The zero-order chi connectivity index (χ0) is 17.6. The number of rotatable bonds is 6. The fraction of sp³-hybridized carbons (Fsp3) is 0.300. The van der Waals surface area contributed by atoms with Crippen molar-refractivity contribution in [2.75, 3.05) is 6.54 Å². The minimum Gasteiger partial charge on any atom is -0.354 e. The van der Waals surface area contributed by atoms with E-state index in [9.17, 15) is 9.59 Å². The van der Waals surface area contributed by atoms with Gasteiger partial charge in [0, 0.05) is 24.5 Å². The number of amides is 2. The van der Waals surface area contributed by atoms with Gasteiger partial charge in [0.2, 0.25) is 11.8 Å². The second-order valence-electron chi connectivity index (χ2n) is 6.23. The number of halogens is 1. The summed E-state index contributed by atoms with van der Waals surface area (Å²) in [6.45, 7) is 1.03. The van der Waals surface area contributed by atoms with Crippen LogP contribution in [0.2, 0.25) is 5.02 Å². The molecule has 2 amide bonds. The number of benzene rings is 2. The molecule has 1 aliphatic heterocycles. The zero-order valence-corrected chi connectivity index (χ0v) is 14.7. The van der Waals surface area contributed by atoms with Crippen LogP contribution in [-0.2, 0) is 22.6 Å². The third kappa shape index (κ3) is 4.60. The van der Waals surface area contributed by atoms with Crippen LogP contribution in [0.1, 0.15) is 24.0 Å². The molecule has 25 heavy (non-hydrogen) atoms. The quantitative estimate of drug-likeness (QED) is 0.864. The van der Waals surface area contributed by atoms with Crippen molar-refractivity contribution in [3.05, 3.63) is 70.7 Å². The smallest absolute Gasteiger partial charge is 0.242 e. The molecule has 0 radical (unpaired) electrons. The van der Waals surface area contributed by atoms with Gasteiger partial charge in [-0.05, 0) is 36.1 Å². The molecular weight excluding hydrogens is 336 g/mol. The maximum atomic E-state index is 12.5. The van der Waals surface area contributed by atoms with Crippen LogP contribution in [0.3, 0.4) is 0 Å². The van der Waals surface area contributed by atoms with Crippen LogP contribution in [0.5, 0.6) is 0 Å². The van der Waals surface area contributed by atoms with Crippen molar-refractivity contribution in [2.45, 2.75) is 31.8 Å². The highest BCUT2D eigenvalue weighted by molar-refractivity contribution is 6.30. The number of likely N-dealkylation sites (tertiary alicyclic amines) is 1. The molecule has 2 aromatic carbocycles. The van der Waals surface area contributed by atoms with Gasteiger partial charge in [0.1, 0.15) is 6.04 Å². The van der Waals surface area contributed by atoms with E-state index >= 15 is 0 Å². The molecule has 0 spiro atoms. The Bertz CT molecular complexity index is 731. The van der Waals surface area contributed by atoms with Crippen LogP contribution in [0.15, 0.2) is 54.6 Å². The average molecular weight is 357 g/mol. The van der Waals surface area contributed by atoms with E-state index in [2.05, 4.69) is 5.32 Å². The normalized spacial score (nSPS) is 16.9. The first-order valence-electron chi connectivity index (χ1n) is 8.49. The summed E-state index contributed by atoms with van der Waals surface area (Å²) in [6, 6.07) is 17.0. The SMILES string of the molecule is O=C(NCCc1ccc(Cl)cc1)C1CCC(=O)N1Cc1ccccc1. The number of hydrogen-bond acceptors (Lipinski definition) is 2. The summed E-state index contributed by atoms with van der Waals surface area (Å²) in [5, 5.41) is 3.66. The Labute approximate surface area is 152 Å². The molecule has 1 fully saturated rings. The summed E-state index contributed by atoms with van der Waals surface area (Å²) >= 11 is 5.87. The summed E-state index contributed by atoms with van der Waals surface area (Å²) in [6.07, 6.45) is 1.75. The van der Waals surface area contributed by atoms with Crippen LogP contribution < -0.4 is 5.32 Å². The minimum absolute atomic E-state index is 0.0432. The summed E-state index contributed by atoms with van der Waals surface area (Å²) in [7, 11) is 0. The number of nitrogens with one attached hydrogen (secondary N) is 1. The fourth-order valence-electron chi connectivity index (χ4n) is 3.08. The van der Waals surface area contributed by atoms with E-state index in [0.717, 1.165) is 17.5 Å². The van der Waals surface area contributed by atoms with E-state index in [1.165, 1.54) is 0 Å². The van der Waals surface area contributed by atoms with Gasteiger partial charge in [0.15, 0.2) is 0 Å². The summed E-state index contributed by atoms with van der Waals surface area (Å²) in [5.74, 6) is -0.0301. The topological polar surface area (TPSA) is 49.4 Å². The lowest BCUT2D eigenvalue weighted by Gasteiger charge is -2.24. The molecule has 1 atom stereocenters. The van der Waals surface area contributed by atoms with Gasteiger partial charge in [-0.3, -0.25) is 9.59 Å². The molecule has 4 nitrogen and oxygen atoms in total. The molecule has 1 N–H and O–H groups in total. The van der Waals surface area contributed by atoms with Crippen LogP contribution in [0.4, 0.5) is 0 Å². The van der Waals surface area contributed by atoms with E-state index < -0.39 is 0 Å². The Kier molecular flexibility index (Phi) is 5.71. The van der Waals surface area contributed by atoms with Gasteiger partial charge in [-0.2, -0.15) is 0 Å². The first kappa shape index (κ1) is 17.5. The zero-order valence-electron chi connectivity index (χ0n) is 14.0. The summed E-state index contributed by atoms with van der Waals surface area (Å²) in [4.78, 5) is 26.4. The van der Waals surface area contributed by atoms with Gasteiger partial charge in [-0.1, -0.05) is 54.1 Å². The second-order valence-corrected chi connectivity index (χ2v) is 6.67. The van der Waals surface area contributed by atoms with Gasteiger partial charge >= 0.3 is 0 Å². The molecule has 0 saturated carbocycles. The van der Waals surface area contributed by atoms with Crippen LogP contribution in [0, 0.1) is 0 Å². The van der Waals surface area contributed by atoms with E-state index in [4.69, 9.17) is 11.6 Å². The predicted molar refractivity (Wildman–Crippen MR) is 98.2 cm³/mol. The van der Waals surface area contributed by atoms with Crippen molar-refractivity contribution in [2.24, 2.45) is 0 Å². The van der Waals surface area contributed by atoms with Crippen molar-refractivity contribution in [3.8, 4) is 0 Å². The first-order valence-corrected chi connectivity index (χ1v) is 8.87. The molecule has 3 rings (SSSR count). The molecule has 2 aromatic rings. The average Bonchev–Trinajstić information content (AvgIpc) is 2.98. The maximum absolute atomic E-state index is 12.5. The fourth-order valence-corrected chi connectivity index (χ4v) is 3.21. The molecule has 0 aromatic heterocycles. The number of carbonyl (C=O) groups is 2. The molecule has 0 aliphatic carbocycles. The minimum atomic E-state index is -0.377. The first-order chi connectivity index (χ1) is 12.1. The number of carbonyl (C=O) groups excluding carboxylic acids is 2. The maximum Gasteiger partial charge on any atom is 0.242 e. The summed E-state index contributed by atoms with van der Waals surface area (Å²) < 4.78 is 0. The van der Waals surface area contributed by atoms with Crippen molar-refractivity contribution in [1.29, 1.82) is 0 Å². The van der Waals surface area contributed by atoms with Crippen LogP contribution in [-0.4, -0.2) is 29.3 Å². The lowest BCUT2D eigenvalue weighted by atomic mass is 10.1. The van der Waals surface area contributed by atoms with E-state index in [1.807, 2.05) is 54.6 Å². The molecule has 130 valence electrons. The molecule has 1 unspecified atom stereocenters.